The normalized spacial score (nSPS) is 13.6. The number of aromatic nitrogens is 2. The number of nitrogens with one attached hydrogen (secondary N) is 1. The summed E-state index contributed by atoms with van der Waals surface area (Å²) >= 11 is 0. The number of hydrogen-bond acceptors (Lipinski definition) is 4. The van der Waals surface area contributed by atoms with Crippen molar-refractivity contribution in [1.29, 1.82) is 5.26 Å². The minimum absolute atomic E-state index is 0.312. The van der Waals surface area contributed by atoms with E-state index in [9.17, 15) is 0 Å². The Bertz CT molecular complexity index is 670. The van der Waals surface area contributed by atoms with Crippen LogP contribution in [-0.4, -0.2) is 23.2 Å². The molecule has 0 saturated heterocycles. The average Bonchev–Trinajstić information content (AvgIpc) is 2.69. The fourth-order valence-corrected chi connectivity index (χ4v) is 2.19. The van der Waals surface area contributed by atoms with E-state index in [0.29, 0.717) is 19.6 Å². The zero-order valence-electron chi connectivity index (χ0n) is 11.3. The lowest BCUT2D eigenvalue weighted by Crippen LogP contribution is -1.97. The van der Waals surface area contributed by atoms with Crippen molar-refractivity contribution in [1.82, 2.24) is 9.97 Å². The second-order valence-electron chi connectivity index (χ2n) is 4.70. The van der Waals surface area contributed by atoms with Gasteiger partial charge in [-0.15, -0.1) is 0 Å². The molecule has 1 aliphatic rings. The first-order valence-corrected chi connectivity index (χ1v) is 6.60. The number of aromatic amines is 1. The predicted molar refractivity (Wildman–Crippen MR) is 73.7 cm³/mol. The lowest BCUT2D eigenvalue weighted by Gasteiger charge is -2.08. The van der Waals surface area contributed by atoms with Gasteiger partial charge in [-0.05, 0) is 25.1 Å². The molecular formula is C15H15N3O2. The molecule has 1 aromatic carbocycles. The SMILES string of the molecule is Cc1[nH]c(-c2ccc3c(c2)OCCCO3)nc1CC#N. The van der Waals surface area contributed by atoms with Gasteiger partial charge >= 0.3 is 0 Å². The molecule has 1 aromatic heterocycles. The van der Waals surface area contributed by atoms with Crippen LogP contribution in [0, 0.1) is 18.3 Å². The molecule has 5 heteroatoms. The Labute approximate surface area is 117 Å². The number of benzene rings is 1. The molecule has 1 N–H and O–H groups in total. The number of ether oxygens (including phenoxy) is 2. The van der Waals surface area contributed by atoms with Crippen molar-refractivity contribution in [3.63, 3.8) is 0 Å². The predicted octanol–water partition coefficient (Wildman–Crippen LogP) is 2.61. The summed E-state index contributed by atoms with van der Waals surface area (Å²) in [6, 6.07) is 7.89. The van der Waals surface area contributed by atoms with Gasteiger partial charge in [-0.2, -0.15) is 5.26 Å². The van der Waals surface area contributed by atoms with Crippen LogP contribution in [-0.2, 0) is 6.42 Å². The second-order valence-corrected chi connectivity index (χ2v) is 4.70. The number of hydrogen-bond donors (Lipinski definition) is 1. The number of imidazole rings is 1. The molecule has 0 saturated carbocycles. The van der Waals surface area contributed by atoms with Crippen LogP contribution >= 0.6 is 0 Å². The molecule has 0 bridgehead atoms. The Kier molecular flexibility index (Phi) is 3.30. The van der Waals surface area contributed by atoms with Crippen LogP contribution in [0.15, 0.2) is 18.2 Å². The first kappa shape index (κ1) is 12.5. The molecule has 2 heterocycles. The van der Waals surface area contributed by atoms with Crippen LogP contribution in [0.25, 0.3) is 11.4 Å². The maximum atomic E-state index is 8.77. The van der Waals surface area contributed by atoms with Gasteiger partial charge < -0.3 is 14.5 Å². The number of nitrogens with zero attached hydrogens (tertiary/aromatic N) is 2. The van der Waals surface area contributed by atoms with E-state index in [2.05, 4.69) is 16.0 Å². The van der Waals surface area contributed by atoms with Crippen molar-refractivity contribution in [3.8, 4) is 29.0 Å². The minimum atomic E-state index is 0.312. The Morgan fingerprint density at radius 1 is 1.30 bits per heavy atom. The van der Waals surface area contributed by atoms with Gasteiger partial charge in [0, 0.05) is 17.7 Å². The topological polar surface area (TPSA) is 70.9 Å². The number of H-pyrrole nitrogens is 1. The third-order valence-electron chi connectivity index (χ3n) is 3.25. The van der Waals surface area contributed by atoms with Gasteiger partial charge in [0.1, 0.15) is 5.82 Å². The highest BCUT2D eigenvalue weighted by Crippen LogP contribution is 2.33. The lowest BCUT2D eigenvalue weighted by molar-refractivity contribution is 0.297. The molecular weight excluding hydrogens is 254 g/mol. The molecule has 5 nitrogen and oxygen atoms in total. The summed E-state index contributed by atoms with van der Waals surface area (Å²) < 4.78 is 11.3. The average molecular weight is 269 g/mol. The fraction of sp³-hybridized carbons (Fsp3) is 0.333. The third kappa shape index (κ3) is 2.32. The Balaban J connectivity index is 1.96. The number of aryl methyl sites for hydroxylation is 1. The van der Waals surface area contributed by atoms with Crippen LogP contribution in [0.1, 0.15) is 17.8 Å². The van der Waals surface area contributed by atoms with Crippen molar-refractivity contribution < 1.29 is 9.47 Å². The molecule has 0 amide bonds. The highest BCUT2D eigenvalue weighted by molar-refractivity contribution is 5.62. The summed E-state index contributed by atoms with van der Waals surface area (Å²) in [5.41, 5.74) is 2.64. The molecule has 0 spiro atoms. The van der Waals surface area contributed by atoms with Gasteiger partial charge in [0.15, 0.2) is 11.5 Å². The maximum Gasteiger partial charge on any atom is 0.161 e. The van der Waals surface area contributed by atoms with Gasteiger partial charge in [0.05, 0.1) is 31.4 Å². The molecule has 20 heavy (non-hydrogen) atoms. The van der Waals surface area contributed by atoms with Crippen molar-refractivity contribution in [2.75, 3.05) is 13.2 Å². The zero-order chi connectivity index (χ0) is 13.9. The first-order chi connectivity index (χ1) is 9.78. The van der Waals surface area contributed by atoms with E-state index >= 15 is 0 Å². The number of rotatable bonds is 2. The molecule has 0 radical (unpaired) electrons. The van der Waals surface area contributed by atoms with Crippen molar-refractivity contribution in [2.24, 2.45) is 0 Å². The fourth-order valence-electron chi connectivity index (χ4n) is 2.19. The summed E-state index contributed by atoms with van der Waals surface area (Å²) in [6.07, 6.45) is 1.20. The van der Waals surface area contributed by atoms with Gasteiger partial charge in [-0.3, -0.25) is 0 Å². The van der Waals surface area contributed by atoms with E-state index in [4.69, 9.17) is 14.7 Å². The third-order valence-corrected chi connectivity index (χ3v) is 3.25. The van der Waals surface area contributed by atoms with Gasteiger partial charge in [-0.25, -0.2) is 4.98 Å². The van der Waals surface area contributed by atoms with Crippen molar-refractivity contribution in [3.05, 3.63) is 29.6 Å². The molecule has 0 unspecified atom stereocenters. The molecule has 3 rings (SSSR count). The quantitative estimate of drug-likeness (QED) is 0.909. The summed E-state index contributed by atoms with van der Waals surface area (Å²) in [6.45, 7) is 3.26. The smallest absolute Gasteiger partial charge is 0.161 e. The van der Waals surface area contributed by atoms with Crippen LogP contribution < -0.4 is 9.47 Å². The maximum absolute atomic E-state index is 8.77. The van der Waals surface area contributed by atoms with E-state index in [1.54, 1.807) is 0 Å². The van der Waals surface area contributed by atoms with Gasteiger partial charge in [0.25, 0.3) is 0 Å². The van der Waals surface area contributed by atoms with E-state index in [0.717, 1.165) is 40.7 Å². The van der Waals surface area contributed by atoms with Crippen LogP contribution in [0.4, 0.5) is 0 Å². The van der Waals surface area contributed by atoms with E-state index < -0.39 is 0 Å². The van der Waals surface area contributed by atoms with E-state index in [1.807, 2.05) is 25.1 Å². The summed E-state index contributed by atoms with van der Waals surface area (Å²) in [4.78, 5) is 7.68. The van der Waals surface area contributed by atoms with Crippen molar-refractivity contribution in [2.45, 2.75) is 19.8 Å². The molecule has 0 aliphatic carbocycles. The summed E-state index contributed by atoms with van der Waals surface area (Å²) in [5, 5.41) is 8.77. The molecule has 102 valence electrons. The van der Waals surface area contributed by atoms with Crippen LogP contribution in [0.3, 0.4) is 0 Å². The molecule has 2 aromatic rings. The molecule has 0 atom stereocenters. The standard InChI is InChI=1S/C15H15N3O2/c1-10-12(5-6-16)18-15(17-10)11-3-4-13-14(9-11)20-8-2-7-19-13/h3-4,9H,2,5,7-8H2,1H3,(H,17,18). The summed E-state index contributed by atoms with van der Waals surface area (Å²) in [7, 11) is 0. The van der Waals surface area contributed by atoms with Crippen LogP contribution in [0.5, 0.6) is 11.5 Å². The minimum Gasteiger partial charge on any atom is -0.490 e. The largest absolute Gasteiger partial charge is 0.490 e. The van der Waals surface area contributed by atoms with E-state index in [1.165, 1.54) is 0 Å². The first-order valence-electron chi connectivity index (χ1n) is 6.60. The zero-order valence-corrected chi connectivity index (χ0v) is 11.3. The van der Waals surface area contributed by atoms with Crippen molar-refractivity contribution >= 4 is 0 Å². The monoisotopic (exact) mass is 269 g/mol. The van der Waals surface area contributed by atoms with Gasteiger partial charge in [-0.1, -0.05) is 0 Å². The highest BCUT2D eigenvalue weighted by atomic mass is 16.5. The van der Waals surface area contributed by atoms with Crippen LogP contribution in [0.2, 0.25) is 0 Å². The second kappa shape index (κ2) is 5.25. The molecule has 0 fully saturated rings. The Hall–Kier alpha value is -2.48. The molecule has 1 aliphatic heterocycles. The summed E-state index contributed by atoms with van der Waals surface area (Å²) in [5.74, 6) is 2.27. The number of fused-ring (bicyclic) bond motifs is 1. The number of nitriles is 1. The Morgan fingerprint density at radius 3 is 2.90 bits per heavy atom. The highest BCUT2D eigenvalue weighted by Gasteiger charge is 2.14. The Morgan fingerprint density at radius 2 is 2.10 bits per heavy atom. The van der Waals surface area contributed by atoms with Gasteiger partial charge in [0.2, 0.25) is 0 Å². The van der Waals surface area contributed by atoms with E-state index in [-0.39, 0.29) is 0 Å². The lowest BCUT2D eigenvalue weighted by atomic mass is 10.2.